The summed E-state index contributed by atoms with van der Waals surface area (Å²) in [5.41, 5.74) is 15.5. The molecule has 0 saturated carbocycles. The predicted molar refractivity (Wildman–Crippen MR) is 296 cm³/mol. The van der Waals surface area contributed by atoms with Crippen LogP contribution in [0.3, 0.4) is 0 Å². The molecule has 0 amide bonds. The van der Waals surface area contributed by atoms with Crippen LogP contribution in [-0.2, 0) is 6.18 Å². The molecule has 0 saturated heterocycles. The summed E-state index contributed by atoms with van der Waals surface area (Å²) in [6.45, 7) is 8.35. The number of fused-ring (bicyclic) bond motifs is 6. The first-order valence-corrected chi connectivity index (χ1v) is 24.8. The van der Waals surface area contributed by atoms with Crippen molar-refractivity contribution in [1.82, 2.24) is 9.13 Å². The standard InChI is InChI=1S/C67H47F3N4/c1-40-9-5-13-44(27-40)48-17-22-56-57-23-18-49(45-14-6-10-41(2)28-45)33-62(57)73(61(56)32-48)65-36-52(55-26-21-54(67(68,69)70)31-53(55)38-71)37-66(60(65)39-72)74-63-34-50(46-15-7-11-42(3)29-46)19-24-58(63)59-25-20-51(35-64(59)74)47-16-8-12-43(4)30-47/h5-15,17-28,30-37H,16,29H2,1-4H3. The van der Waals surface area contributed by atoms with Gasteiger partial charge in [0.15, 0.2) is 0 Å². The number of alkyl halides is 3. The van der Waals surface area contributed by atoms with Crippen LogP contribution in [0.2, 0.25) is 0 Å². The van der Waals surface area contributed by atoms with Crippen LogP contribution in [-0.4, -0.2) is 9.13 Å². The van der Waals surface area contributed by atoms with E-state index in [0.717, 1.165) is 129 Å². The van der Waals surface area contributed by atoms with Crippen molar-refractivity contribution in [2.45, 2.75) is 46.7 Å². The quantitative estimate of drug-likeness (QED) is 0.173. The molecule has 7 heteroatoms. The van der Waals surface area contributed by atoms with Crippen molar-refractivity contribution in [2.24, 2.45) is 0 Å². The monoisotopic (exact) mass is 964 g/mol. The molecule has 0 radical (unpaired) electrons. The molecular formula is C67H47F3N4. The fourth-order valence-electron chi connectivity index (χ4n) is 11.2. The van der Waals surface area contributed by atoms with Crippen LogP contribution < -0.4 is 10.4 Å². The van der Waals surface area contributed by atoms with Gasteiger partial charge in [-0.3, -0.25) is 0 Å². The van der Waals surface area contributed by atoms with Gasteiger partial charge < -0.3 is 9.13 Å². The molecule has 74 heavy (non-hydrogen) atoms. The van der Waals surface area contributed by atoms with E-state index in [0.29, 0.717) is 28.1 Å². The van der Waals surface area contributed by atoms with Crippen LogP contribution in [0.4, 0.5) is 13.2 Å². The van der Waals surface area contributed by atoms with Gasteiger partial charge in [0, 0.05) is 21.5 Å². The van der Waals surface area contributed by atoms with Crippen LogP contribution in [0.1, 0.15) is 54.5 Å². The van der Waals surface area contributed by atoms with Gasteiger partial charge in [-0.25, -0.2) is 0 Å². The van der Waals surface area contributed by atoms with Gasteiger partial charge in [0.25, 0.3) is 0 Å². The summed E-state index contributed by atoms with van der Waals surface area (Å²) in [4.78, 5) is 0. The zero-order valence-corrected chi connectivity index (χ0v) is 41.2. The van der Waals surface area contributed by atoms with Crippen molar-refractivity contribution in [1.29, 1.82) is 10.5 Å². The first kappa shape index (κ1) is 45.9. The lowest BCUT2D eigenvalue weighted by molar-refractivity contribution is -0.137. The van der Waals surface area contributed by atoms with Crippen LogP contribution in [0.25, 0.3) is 99.5 Å². The summed E-state index contributed by atoms with van der Waals surface area (Å²) < 4.78 is 47.5. The molecule has 0 aliphatic heterocycles. The highest BCUT2D eigenvalue weighted by atomic mass is 19.4. The van der Waals surface area contributed by atoms with E-state index < -0.39 is 11.7 Å². The molecule has 356 valence electrons. The second-order valence-corrected chi connectivity index (χ2v) is 19.8. The lowest BCUT2D eigenvalue weighted by atomic mass is 9.95. The predicted octanol–water partition coefficient (Wildman–Crippen LogP) is 16.4. The molecule has 0 atom stereocenters. The number of aryl methyl sites for hydroxylation is 2. The van der Waals surface area contributed by atoms with E-state index in [1.807, 2.05) is 24.3 Å². The van der Waals surface area contributed by atoms with Crippen LogP contribution >= 0.6 is 0 Å². The van der Waals surface area contributed by atoms with Crippen molar-refractivity contribution in [2.75, 3.05) is 0 Å². The number of hydrogen-bond acceptors (Lipinski definition) is 2. The highest BCUT2D eigenvalue weighted by Crippen LogP contribution is 2.43. The minimum absolute atomic E-state index is 0.133. The Labute approximate surface area is 426 Å². The van der Waals surface area contributed by atoms with Crippen molar-refractivity contribution in [3.05, 3.63) is 238 Å². The summed E-state index contributed by atoms with van der Waals surface area (Å²) in [7, 11) is 0. The third-order valence-electron chi connectivity index (χ3n) is 14.7. The highest BCUT2D eigenvalue weighted by Gasteiger charge is 2.32. The van der Waals surface area contributed by atoms with Crippen LogP contribution in [0.5, 0.6) is 0 Å². The number of nitrogens with zero attached hydrogens (tertiary/aromatic N) is 4. The van der Waals surface area contributed by atoms with Gasteiger partial charge >= 0.3 is 6.18 Å². The van der Waals surface area contributed by atoms with E-state index in [9.17, 15) is 23.7 Å². The molecule has 2 aliphatic carbocycles. The van der Waals surface area contributed by atoms with Crippen molar-refractivity contribution in [3.8, 4) is 56.9 Å². The molecule has 8 aromatic carbocycles. The van der Waals surface area contributed by atoms with Crippen molar-refractivity contribution in [3.63, 3.8) is 0 Å². The first-order chi connectivity index (χ1) is 35.8. The SMILES string of the molecule is CC1=CC(=c2ccc3c4ccc(=C5C=CC=C(C)C5)cc4n(-c4cc(-c5ccc(C(F)(F)F)cc5C#N)cc(-n5c6cc(-c7cccc(C)c7)ccc6c6ccc(-c7cccc(C)c7)cc65)c4C#N)c3c2)CC=C1. The van der Waals surface area contributed by atoms with Gasteiger partial charge in [-0.2, -0.15) is 23.7 Å². The number of aromatic nitrogens is 2. The molecule has 0 N–H and O–H groups in total. The normalized spacial score (nSPS) is 15.2. The first-order valence-electron chi connectivity index (χ1n) is 24.8. The Hall–Kier alpha value is -9.17. The summed E-state index contributed by atoms with van der Waals surface area (Å²) in [5, 5.41) is 28.6. The van der Waals surface area contributed by atoms with Gasteiger partial charge in [0.1, 0.15) is 11.6 Å². The maximum absolute atomic E-state index is 14.4. The lowest BCUT2D eigenvalue weighted by Crippen LogP contribution is -2.10. The number of rotatable bonds is 5. The fourth-order valence-corrected chi connectivity index (χ4v) is 11.2. The van der Waals surface area contributed by atoms with Gasteiger partial charge in [-0.15, -0.1) is 0 Å². The highest BCUT2D eigenvalue weighted by molar-refractivity contribution is 6.13. The van der Waals surface area contributed by atoms with Crippen LogP contribution in [0.15, 0.2) is 199 Å². The van der Waals surface area contributed by atoms with Gasteiger partial charge in [0.2, 0.25) is 0 Å². The summed E-state index contributed by atoms with van der Waals surface area (Å²) in [5.74, 6) is 0. The number of hydrogen-bond donors (Lipinski definition) is 0. The molecule has 2 heterocycles. The Morgan fingerprint density at radius 3 is 1.57 bits per heavy atom. The van der Waals surface area contributed by atoms with E-state index in [1.54, 1.807) is 0 Å². The number of halogens is 3. The maximum Gasteiger partial charge on any atom is 0.416 e. The zero-order chi connectivity index (χ0) is 51.0. The molecule has 10 aromatic rings. The summed E-state index contributed by atoms with van der Waals surface area (Å²) in [6, 6.07) is 54.5. The van der Waals surface area contributed by atoms with Gasteiger partial charge in [-0.1, -0.05) is 162 Å². The topological polar surface area (TPSA) is 57.4 Å². The number of allylic oxidation sites excluding steroid dienone is 8. The Morgan fingerprint density at radius 1 is 0.514 bits per heavy atom. The molecule has 0 fully saturated rings. The average Bonchev–Trinajstić information content (AvgIpc) is 3.92. The Balaban J connectivity index is 1.26. The molecule has 2 aliphatic rings. The lowest BCUT2D eigenvalue weighted by Gasteiger charge is -2.19. The molecule has 0 bridgehead atoms. The van der Waals surface area contributed by atoms with Crippen molar-refractivity contribution >= 4 is 54.8 Å². The third kappa shape index (κ3) is 7.95. The largest absolute Gasteiger partial charge is 0.416 e. The minimum Gasteiger partial charge on any atom is -0.308 e. The molecule has 12 rings (SSSR count). The van der Waals surface area contributed by atoms with E-state index in [2.05, 4.69) is 195 Å². The second kappa shape index (κ2) is 17.8. The van der Waals surface area contributed by atoms with Crippen molar-refractivity contribution < 1.29 is 13.2 Å². The molecular weight excluding hydrogens is 918 g/mol. The molecule has 4 nitrogen and oxygen atoms in total. The van der Waals surface area contributed by atoms with Crippen LogP contribution in [0, 0.1) is 36.5 Å². The third-order valence-corrected chi connectivity index (χ3v) is 14.7. The molecule has 2 aromatic heterocycles. The Bertz CT molecular complexity index is 4310. The molecule has 0 unspecified atom stereocenters. The number of nitriles is 2. The molecule has 0 spiro atoms. The second-order valence-electron chi connectivity index (χ2n) is 19.8. The van der Waals surface area contributed by atoms with Gasteiger partial charge in [-0.05, 0) is 144 Å². The van der Waals surface area contributed by atoms with E-state index in [1.165, 1.54) is 11.6 Å². The smallest absolute Gasteiger partial charge is 0.308 e. The Kier molecular flexibility index (Phi) is 11.1. The Morgan fingerprint density at radius 2 is 1.05 bits per heavy atom. The summed E-state index contributed by atoms with van der Waals surface area (Å²) >= 11 is 0. The number of benzene rings is 8. The van der Waals surface area contributed by atoms with Gasteiger partial charge in [0.05, 0.1) is 50.6 Å². The summed E-state index contributed by atoms with van der Waals surface area (Å²) in [6.07, 6.45) is 9.71. The van der Waals surface area contributed by atoms with E-state index in [4.69, 9.17) is 0 Å². The zero-order valence-electron chi connectivity index (χ0n) is 41.2. The van der Waals surface area contributed by atoms with E-state index in [-0.39, 0.29) is 5.56 Å². The maximum atomic E-state index is 14.4. The van der Waals surface area contributed by atoms with E-state index >= 15 is 0 Å². The minimum atomic E-state index is -4.67. The fraction of sp³-hybridized carbons (Fsp3) is 0.104. The average molecular weight is 965 g/mol.